The van der Waals surface area contributed by atoms with Gasteiger partial charge in [-0.1, -0.05) is 52.8 Å². The maximum absolute atomic E-state index is 12.2. The minimum atomic E-state index is -0.745. The number of nitrogens with zero attached hydrogens (tertiary/aromatic N) is 5. The number of ketones is 1. The minimum Gasteiger partial charge on any atom is -0.461 e. The van der Waals surface area contributed by atoms with Crippen LogP contribution in [0, 0.1) is 0 Å². The molecule has 2 aromatic rings. The van der Waals surface area contributed by atoms with Crippen LogP contribution in [0.1, 0.15) is 36.7 Å². The van der Waals surface area contributed by atoms with Gasteiger partial charge in [0.15, 0.2) is 5.78 Å². The Bertz CT molecular complexity index is 1200. The normalized spacial score (nSPS) is 11.2. The molecule has 0 fully saturated rings. The maximum atomic E-state index is 12.2. The Labute approximate surface area is 298 Å². The van der Waals surface area contributed by atoms with Crippen LogP contribution in [0.25, 0.3) is 0 Å². The van der Waals surface area contributed by atoms with E-state index in [9.17, 15) is 14.4 Å². The number of likely N-dealkylation sites (N-methyl/N-ethyl adjacent to an activating group) is 5. The first-order chi connectivity index (χ1) is 22.3. The lowest BCUT2D eigenvalue weighted by Gasteiger charge is -2.24. The molecule has 0 heterocycles. The van der Waals surface area contributed by atoms with Crippen LogP contribution in [0.2, 0.25) is 0 Å². The highest BCUT2D eigenvalue weighted by Gasteiger charge is 2.26. The van der Waals surface area contributed by atoms with Crippen molar-refractivity contribution in [3.05, 3.63) is 77.9 Å². The number of esters is 2. The van der Waals surface area contributed by atoms with Crippen LogP contribution in [-0.2, 0) is 14.3 Å². The zero-order valence-electron chi connectivity index (χ0n) is 31.2. The molecule has 10 nitrogen and oxygen atoms in total. The fraction of sp³-hybridized carbons (Fsp3) is 0.541. The molecule has 0 aliphatic heterocycles. The van der Waals surface area contributed by atoms with Gasteiger partial charge in [0.05, 0.1) is 0 Å². The van der Waals surface area contributed by atoms with E-state index in [2.05, 4.69) is 84.4 Å². The summed E-state index contributed by atoms with van der Waals surface area (Å²) in [4.78, 5) is 45.9. The van der Waals surface area contributed by atoms with E-state index in [1.54, 1.807) is 57.2 Å². The molecule has 48 heavy (non-hydrogen) atoms. The Kier molecular flexibility index (Phi) is 22.8. The van der Waals surface area contributed by atoms with E-state index in [4.69, 9.17) is 9.47 Å². The predicted octanol–water partition coefficient (Wildman–Crippen LogP) is 4.64. The third kappa shape index (κ3) is 22.6. The van der Waals surface area contributed by atoms with Crippen LogP contribution >= 0.6 is 15.9 Å². The summed E-state index contributed by atoms with van der Waals surface area (Å²) in [6.07, 6.45) is 0. The minimum absolute atomic E-state index is 0.0608. The second-order valence-corrected chi connectivity index (χ2v) is 15.0. The molecule has 0 saturated carbocycles. The van der Waals surface area contributed by atoms with Crippen molar-refractivity contribution >= 4 is 33.7 Å². The number of benzene rings is 2. The molecule has 0 radical (unpaired) electrons. The lowest BCUT2D eigenvalue weighted by atomic mass is 10.0. The lowest BCUT2D eigenvalue weighted by molar-refractivity contribution is -0.139. The molecule has 0 spiro atoms. The molecule has 0 unspecified atom stereocenters. The average Bonchev–Trinajstić information content (AvgIpc) is 3.02. The quantitative estimate of drug-likeness (QED) is 0.0754. The number of halogens is 1. The van der Waals surface area contributed by atoms with Crippen LogP contribution in [0.15, 0.2) is 66.7 Å². The standard InChI is InChI=1S/C17H15BrO3.C12H30N4.C8H15NO2/c1-17(2,18)16(20)21-14-10-8-13(9-11-14)15(19)12-6-4-3-5-7-12;1-13(2)7-9-15(5)11-12-16(6)10-8-14(3)4;1-7(2)8(10)11-6-5-9(3)4/h3-11H,1-2H3;7-12H2,1-6H3;1,5-6H2,2-4H3. The molecule has 2 rings (SSSR count). The monoisotopic (exact) mass is 733 g/mol. The van der Waals surface area contributed by atoms with Gasteiger partial charge in [0, 0.05) is 62.5 Å². The van der Waals surface area contributed by atoms with Gasteiger partial charge >= 0.3 is 11.9 Å². The summed E-state index contributed by atoms with van der Waals surface area (Å²) in [5.41, 5.74) is 1.63. The van der Waals surface area contributed by atoms with E-state index >= 15 is 0 Å². The molecular formula is C37H60BrN5O5. The summed E-state index contributed by atoms with van der Waals surface area (Å²) in [7, 11) is 16.7. The highest BCUT2D eigenvalue weighted by atomic mass is 79.9. The number of ether oxygens (including phenoxy) is 2. The Morgan fingerprint density at radius 3 is 1.48 bits per heavy atom. The number of hydrogen-bond donors (Lipinski definition) is 0. The zero-order valence-corrected chi connectivity index (χ0v) is 32.8. The zero-order chi connectivity index (χ0) is 36.9. The summed E-state index contributed by atoms with van der Waals surface area (Å²) in [5.74, 6) is -0.345. The van der Waals surface area contributed by atoms with Gasteiger partial charge < -0.3 is 34.0 Å². The second kappa shape index (κ2) is 24.2. The van der Waals surface area contributed by atoms with Gasteiger partial charge in [-0.3, -0.25) is 9.59 Å². The lowest BCUT2D eigenvalue weighted by Crippen LogP contribution is -2.37. The van der Waals surface area contributed by atoms with Gasteiger partial charge in [-0.25, -0.2) is 4.79 Å². The molecule has 0 atom stereocenters. The third-order valence-electron chi connectivity index (χ3n) is 6.69. The fourth-order valence-corrected chi connectivity index (χ4v) is 3.49. The first-order valence-electron chi connectivity index (χ1n) is 16.1. The van der Waals surface area contributed by atoms with E-state index in [1.165, 1.54) is 0 Å². The van der Waals surface area contributed by atoms with Crippen LogP contribution < -0.4 is 4.74 Å². The van der Waals surface area contributed by atoms with Crippen molar-refractivity contribution < 1.29 is 23.9 Å². The Morgan fingerprint density at radius 2 is 1.08 bits per heavy atom. The van der Waals surface area contributed by atoms with E-state index in [0.29, 0.717) is 29.1 Å². The van der Waals surface area contributed by atoms with Crippen LogP contribution in [0.5, 0.6) is 5.75 Å². The van der Waals surface area contributed by atoms with Crippen molar-refractivity contribution in [2.45, 2.75) is 25.1 Å². The van der Waals surface area contributed by atoms with Gasteiger partial charge in [0.1, 0.15) is 16.7 Å². The number of alkyl halides is 1. The number of rotatable bonds is 17. The van der Waals surface area contributed by atoms with Crippen molar-refractivity contribution in [2.75, 3.05) is 109 Å². The summed E-state index contributed by atoms with van der Waals surface area (Å²) < 4.78 is 9.31. The Hall–Kier alpha value is -2.93. The van der Waals surface area contributed by atoms with Crippen molar-refractivity contribution in [2.24, 2.45) is 0 Å². The van der Waals surface area contributed by atoms with Gasteiger partial charge in [0.2, 0.25) is 0 Å². The average molecular weight is 735 g/mol. The summed E-state index contributed by atoms with van der Waals surface area (Å²) in [6.45, 7) is 16.6. The second-order valence-electron chi connectivity index (χ2n) is 13.0. The van der Waals surface area contributed by atoms with E-state index in [1.807, 2.05) is 37.2 Å². The molecular weight excluding hydrogens is 674 g/mol. The van der Waals surface area contributed by atoms with Gasteiger partial charge in [-0.15, -0.1) is 0 Å². The molecule has 2 aromatic carbocycles. The summed E-state index contributed by atoms with van der Waals surface area (Å²) >= 11 is 3.24. The largest absolute Gasteiger partial charge is 0.461 e. The first-order valence-corrected chi connectivity index (χ1v) is 16.9. The highest BCUT2D eigenvalue weighted by Crippen LogP contribution is 2.21. The van der Waals surface area contributed by atoms with Crippen LogP contribution in [-0.4, -0.2) is 155 Å². The van der Waals surface area contributed by atoms with Crippen molar-refractivity contribution in [3.8, 4) is 5.75 Å². The molecule has 0 amide bonds. The predicted molar refractivity (Wildman–Crippen MR) is 201 cm³/mol. The topological polar surface area (TPSA) is 85.9 Å². The Morgan fingerprint density at radius 1 is 0.667 bits per heavy atom. The van der Waals surface area contributed by atoms with Crippen molar-refractivity contribution in [1.82, 2.24) is 24.5 Å². The van der Waals surface area contributed by atoms with E-state index in [0.717, 1.165) is 45.8 Å². The van der Waals surface area contributed by atoms with Crippen molar-refractivity contribution in [3.63, 3.8) is 0 Å². The van der Waals surface area contributed by atoms with Gasteiger partial charge in [-0.2, -0.15) is 0 Å². The summed E-state index contributed by atoms with van der Waals surface area (Å²) in [5, 5.41) is 0. The molecule has 11 heteroatoms. The fourth-order valence-electron chi connectivity index (χ4n) is 3.41. The molecule has 0 aromatic heterocycles. The number of carbonyl (C=O) groups is 3. The smallest absolute Gasteiger partial charge is 0.333 e. The molecule has 0 bridgehead atoms. The van der Waals surface area contributed by atoms with Crippen LogP contribution in [0.3, 0.4) is 0 Å². The molecule has 0 saturated heterocycles. The number of carbonyl (C=O) groups excluding carboxylic acids is 3. The van der Waals surface area contributed by atoms with Crippen molar-refractivity contribution in [1.29, 1.82) is 0 Å². The molecule has 0 N–H and O–H groups in total. The van der Waals surface area contributed by atoms with E-state index in [-0.39, 0.29) is 17.7 Å². The number of hydrogen-bond acceptors (Lipinski definition) is 10. The van der Waals surface area contributed by atoms with Gasteiger partial charge in [0.25, 0.3) is 0 Å². The van der Waals surface area contributed by atoms with E-state index < -0.39 is 4.32 Å². The van der Waals surface area contributed by atoms with Crippen LogP contribution in [0.4, 0.5) is 0 Å². The van der Waals surface area contributed by atoms with Gasteiger partial charge in [-0.05, 0) is 101 Å². The third-order valence-corrected chi connectivity index (χ3v) is 7.01. The molecule has 0 aliphatic carbocycles. The Balaban J connectivity index is 0.000000730. The maximum Gasteiger partial charge on any atom is 0.333 e. The molecule has 270 valence electrons. The molecule has 0 aliphatic rings. The first kappa shape index (κ1) is 45.1. The summed E-state index contributed by atoms with van der Waals surface area (Å²) in [6, 6.07) is 15.6. The SMILES string of the molecule is C=C(C)C(=O)OCCN(C)C.CC(C)(Br)C(=O)Oc1ccc(C(=O)c2ccccc2)cc1.CN(C)CCN(C)CCN(C)CCN(C)C. The highest BCUT2D eigenvalue weighted by molar-refractivity contribution is 9.10.